The van der Waals surface area contributed by atoms with Gasteiger partial charge in [-0.1, -0.05) is 17.7 Å². The van der Waals surface area contributed by atoms with Crippen molar-refractivity contribution in [3.8, 4) is 17.2 Å². The summed E-state index contributed by atoms with van der Waals surface area (Å²) in [6, 6.07) is 10.9. The van der Waals surface area contributed by atoms with Crippen molar-refractivity contribution in [3.63, 3.8) is 0 Å². The van der Waals surface area contributed by atoms with Crippen LogP contribution in [-0.4, -0.2) is 7.11 Å². The van der Waals surface area contributed by atoms with Crippen LogP contribution in [0.25, 0.3) is 0 Å². The van der Waals surface area contributed by atoms with E-state index in [4.69, 9.17) is 26.8 Å². The number of anilines is 1. The molecule has 2 aromatic carbocycles. The first-order chi connectivity index (χ1) is 8.60. The van der Waals surface area contributed by atoms with Gasteiger partial charge in [-0.3, -0.25) is 0 Å². The molecular formula is C14H14ClNO2. The highest BCUT2D eigenvalue weighted by molar-refractivity contribution is 6.32. The Morgan fingerprint density at radius 3 is 2.50 bits per heavy atom. The quantitative estimate of drug-likeness (QED) is 0.851. The minimum atomic E-state index is 0.569. The Balaban J connectivity index is 2.28. The van der Waals surface area contributed by atoms with Gasteiger partial charge in [-0.2, -0.15) is 0 Å². The van der Waals surface area contributed by atoms with Crippen LogP contribution in [0.3, 0.4) is 0 Å². The third-order valence-corrected chi connectivity index (χ3v) is 2.82. The fraction of sp³-hybridized carbons (Fsp3) is 0.143. The van der Waals surface area contributed by atoms with Crippen LogP contribution in [0.1, 0.15) is 5.56 Å². The summed E-state index contributed by atoms with van der Waals surface area (Å²) >= 11 is 6.10. The van der Waals surface area contributed by atoms with Crippen LogP contribution >= 0.6 is 11.6 Å². The van der Waals surface area contributed by atoms with Crippen molar-refractivity contribution in [2.24, 2.45) is 0 Å². The van der Waals surface area contributed by atoms with Gasteiger partial charge >= 0.3 is 0 Å². The van der Waals surface area contributed by atoms with Crippen molar-refractivity contribution in [3.05, 3.63) is 47.0 Å². The Kier molecular flexibility index (Phi) is 3.63. The molecule has 0 aromatic heterocycles. The van der Waals surface area contributed by atoms with Crippen LogP contribution in [0.2, 0.25) is 5.02 Å². The van der Waals surface area contributed by atoms with Gasteiger partial charge in [0.15, 0.2) is 0 Å². The van der Waals surface area contributed by atoms with Gasteiger partial charge in [-0.25, -0.2) is 0 Å². The maximum atomic E-state index is 6.10. The molecule has 18 heavy (non-hydrogen) atoms. The number of aryl methyl sites for hydroxylation is 1. The molecular weight excluding hydrogens is 250 g/mol. The molecule has 0 heterocycles. The highest BCUT2D eigenvalue weighted by Gasteiger charge is 2.06. The summed E-state index contributed by atoms with van der Waals surface area (Å²) in [5.41, 5.74) is 7.39. The number of hydrogen-bond acceptors (Lipinski definition) is 3. The lowest BCUT2D eigenvalue weighted by Crippen LogP contribution is -1.93. The highest BCUT2D eigenvalue weighted by atomic mass is 35.5. The van der Waals surface area contributed by atoms with Crippen LogP contribution in [0.4, 0.5) is 5.69 Å². The van der Waals surface area contributed by atoms with E-state index >= 15 is 0 Å². The molecule has 0 bridgehead atoms. The van der Waals surface area contributed by atoms with Gasteiger partial charge in [0.1, 0.15) is 17.2 Å². The van der Waals surface area contributed by atoms with Gasteiger partial charge < -0.3 is 15.2 Å². The van der Waals surface area contributed by atoms with Gasteiger partial charge in [-0.05, 0) is 36.8 Å². The molecule has 0 saturated heterocycles. The van der Waals surface area contributed by atoms with E-state index < -0.39 is 0 Å². The monoisotopic (exact) mass is 263 g/mol. The van der Waals surface area contributed by atoms with E-state index in [9.17, 15) is 0 Å². The maximum Gasteiger partial charge on any atom is 0.146 e. The average molecular weight is 264 g/mol. The predicted octanol–water partition coefficient (Wildman–Crippen LogP) is 4.03. The summed E-state index contributed by atoms with van der Waals surface area (Å²) in [5.74, 6) is 1.82. The van der Waals surface area contributed by atoms with E-state index in [1.165, 1.54) is 0 Å². The normalized spacial score (nSPS) is 10.2. The van der Waals surface area contributed by atoms with Crippen LogP contribution in [0.5, 0.6) is 17.2 Å². The van der Waals surface area contributed by atoms with E-state index in [1.807, 2.05) is 25.1 Å². The molecule has 0 amide bonds. The number of benzene rings is 2. The third-order valence-electron chi connectivity index (χ3n) is 2.52. The summed E-state index contributed by atoms with van der Waals surface area (Å²) in [6.07, 6.45) is 0. The van der Waals surface area contributed by atoms with Gasteiger partial charge in [0.25, 0.3) is 0 Å². The fourth-order valence-corrected chi connectivity index (χ4v) is 1.84. The smallest absolute Gasteiger partial charge is 0.146 e. The number of halogens is 1. The number of nitrogens with two attached hydrogens (primary N) is 1. The fourth-order valence-electron chi connectivity index (χ4n) is 1.57. The van der Waals surface area contributed by atoms with E-state index in [2.05, 4.69) is 0 Å². The van der Waals surface area contributed by atoms with Crippen molar-refractivity contribution < 1.29 is 9.47 Å². The molecule has 94 valence electrons. The molecule has 4 heteroatoms. The molecule has 2 rings (SSSR count). The van der Waals surface area contributed by atoms with E-state index in [1.54, 1.807) is 25.3 Å². The van der Waals surface area contributed by atoms with E-state index in [0.717, 1.165) is 5.56 Å². The second-order valence-corrected chi connectivity index (χ2v) is 4.35. The highest BCUT2D eigenvalue weighted by Crippen LogP contribution is 2.33. The molecule has 0 saturated carbocycles. The van der Waals surface area contributed by atoms with Crippen molar-refractivity contribution >= 4 is 17.3 Å². The number of ether oxygens (including phenoxy) is 2. The molecule has 0 fully saturated rings. The Bertz CT molecular complexity index is 570. The Morgan fingerprint density at radius 1 is 1.06 bits per heavy atom. The van der Waals surface area contributed by atoms with Crippen molar-refractivity contribution in [2.75, 3.05) is 12.8 Å². The number of methoxy groups -OCH3 is 1. The molecule has 2 aromatic rings. The minimum Gasteiger partial charge on any atom is -0.494 e. The predicted molar refractivity (Wildman–Crippen MR) is 73.7 cm³/mol. The first-order valence-corrected chi connectivity index (χ1v) is 5.85. The van der Waals surface area contributed by atoms with Crippen molar-refractivity contribution in [2.45, 2.75) is 6.92 Å². The molecule has 0 atom stereocenters. The van der Waals surface area contributed by atoms with Crippen molar-refractivity contribution in [1.82, 2.24) is 0 Å². The second kappa shape index (κ2) is 5.19. The molecule has 0 aliphatic rings. The first-order valence-electron chi connectivity index (χ1n) is 5.47. The van der Waals surface area contributed by atoms with E-state index in [-0.39, 0.29) is 0 Å². The number of hydrogen-bond donors (Lipinski definition) is 1. The molecule has 0 aliphatic heterocycles. The zero-order valence-corrected chi connectivity index (χ0v) is 11.0. The Labute approximate surface area is 111 Å². The third kappa shape index (κ3) is 2.68. The van der Waals surface area contributed by atoms with Gasteiger partial charge in [0, 0.05) is 6.07 Å². The van der Waals surface area contributed by atoms with Gasteiger partial charge in [0.2, 0.25) is 0 Å². The summed E-state index contributed by atoms with van der Waals surface area (Å²) in [6.45, 7) is 1.97. The van der Waals surface area contributed by atoms with Gasteiger partial charge in [-0.15, -0.1) is 0 Å². The van der Waals surface area contributed by atoms with Crippen LogP contribution in [0, 0.1) is 6.92 Å². The lowest BCUT2D eigenvalue weighted by molar-refractivity contribution is 0.411. The maximum absolute atomic E-state index is 6.10. The Hall–Kier alpha value is -1.87. The minimum absolute atomic E-state index is 0.569. The second-order valence-electron chi connectivity index (χ2n) is 3.94. The molecule has 3 nitrogen and oxygen atoms in total. The summed E-state index contributed by atoms with van der Waals surface area (Å²) < 4.78 is 10.8. The first kappa shape index (κ1) is 12.6. The van der Waals surface area contributed by atoms with E-state index in [0.29, 0.717) is 28.0 Å². The largest absolute Gasteiger partial charge is 0.494 e. The SMILES string of the molecule is COc1cc(Oc2ccc(C)cc2Cl)ccc1N. The zero-order chi connectivity index (χ0) is 13.1. The van der Waals surface area contributed by atoms with Crippen LogP contribution in [-0.2, 0) is 0 Å². The molecule has 0 unspecified atom stereocenters. The summed E-state index contributed by atoms with van der Waals surface area (Å²) in [7, 11) is 1.56. The van der Waals surface area contributed by atoms with Crippen molar-refractivity contribution in [1.29, 1.82) is 0 Å². The molecule has 0 aliphatic carbocycles. The van der Waals surface area contributed by atoms with Crippen LogP contribution in [0.15, 0.2) is 36.4 Å². The lowest BCUT2D eigenvalue weighted by Gasteiger charge is -2.10. The summed E-state index contributed by atoms with van der Waals surface area (Å²) in [5, 5.41) is 0.575. The lowest BCUT2D eigenvalue weighted by atomic mass is 10.2. The topological polar surface area (TPSA) is 44.5 Å². The molecule has 2 N–H and O–H groups in total. The molecule has 0 spiro atoms. The zero-order valence-electron chi connectivity index (χ0n) is 10.2. The van der Waals surface area contributed by atoms with Crippen LogP contribution < -0.4 is 15.2 Å². The van der Waals surface area contributed by atoms with Gasteiger partial charge in [0.05, 0.1) is 17.8 Å². The Morgan fingerprint density at radius 2 is 1.83 bits per heavy atom. The molecule has 0 radical (unpaired) electrons. The number of nitrogen functional groups attached to an aromatic ring is 1. The average Bonchev–Trinajstić information content (AvgIpc) is 2.35. The number of rotatable bonds is 3. The summed E-state index contributed by atoms with van der Waals surface area (Å²) in [4.78, 5) is 0. The standard InChI is InChI=1S/C14H14ClNO2/c1-9-3-6-13(11(15)7-9)18-10-4-5-12(16)14(8-10)17-2/h3-8H,16H2,1-2H3.